The number of halogens is 2. The van der Waals surface area contributed by atoms with Crippen LogP contribution in [0.2, 0.25) is 0 Å². The molecule has 2 aliphatic carbocycles. The van der Waals surface area contributed by atoms with Crippen LogP contribution >= 0.6 is 8.15 Å². The van der Waals surface area contributed by atoms with E-state index in [4.69, 9.17) is 0 Å². The van der Waals surface area contributed by atoms with Crippen molar-refractivity contribution >= 4 is 18.0 Å². The lowest BCUT2D eigenvalue weighted by Crippen LogP contribution is -2.42. The Bertz CT molecular complexity index is 1040. The highest BCUT2D eigenvalue weighted by Crippen LogP contribution is 2.57. The van der Waals surface area contributed by atoms with Gasteiger partial charge in [0, 0.05) is 12.6 Å². The standard InChI is InChI=1S/C27H41F2O4PS/c1-18(13-15-27(28,29)35(32,33)25(3,4)5)23-11-12-24-20(8-7-14-26(23,24)6)9-10-21-16-22(30)17-34(31)19(21)2/h9-11,18,22,24,30-31H,2,7-8,12-17H2,1,3-6H3/b20-9+,21-10-/t18-,22-,24+,26?,34?/m1/s1. The molecule has 0 aromatic rings. The average molecular weight is 531 g/mol. The molecule has 2 unspecified atom stereocenters. The number of aliphatic hydroxyl groups excluding tert-OH is 1. The van der Waals surface area contributed by atoms with Crippen LogP contribution in [0.25, 0.3) is 0 Å². The summed E-state index contributed by atoms with van der Waals surface area (Å²) in [7, 11) is -5.97. The molecule has 0 amide bonds. The minimum absolute atomic E-state index is 0.122. The van der Waals surface area contributed by atoms with Crippen LogP contribution in [-0.2, 0) is 9.84 Å². The zero-order valence-electron chi connectivity index (χ0n) is 21.7. The largest absolute Gasteiger partial charge is 0.392 e. The van der Waals surface area contributed by atoms with Crippen molar-refractivity contribution < 1.29 is 27.2 Å². The number of rotatable bonds is 6. The molecule has 0 bridgehead atoms. The molecule has 1 aliphatic heterocycles. The highest BCUT2D eigenvalue weighted by molar-refractivity contribution is 7.93. The molecule has 35 heavy (non-hydrogen) atoms. The van der Waals surface area contributed by atoms with Crippen LogP contribution in [0.15, 0.2) is 46.8 Å². The van der Waals surface area contributed by atoms with Crippen molar-refractivity contribution in [3.05, 3.63) is 46.8 Å². The summed E-state index contributed by atoms with van der Waals surface area (Å²) in [6.07, 6.45) is 9.87. The monoisotopic (exact) mass is 530 g/mol. The number of allylic oxidation sites excluding steroid dienone is 6. The summed E-state index contributed by atoms with van der Waals surface area (Å²) >= 11 is 0. The van der Waals surface area contributed by atoms with Gasteiger partial charge in [-0.1, -0.05) is 49.8 Å². The summed E-state index contributed by atoms with van der Waals surface area (Å²) in [6.45, 7) is 12.1. The van der Waals surface area contributed by atoms with E-state index in [0.29, 0.717) is 12.6 Å². The quantitative estimate of drug-likeness (QED) is 0.290. The molecule has 1 saturated carbocycles. The first-order chi connectivity index (χ1) is 16.0. The summed E-state index contributed by atoms with van der Waals surface area (Å²) in [5, 5.41) is 7.03. The number of fused-ring (bicyclic) bond motifs is 1. The van der Waals surface area contributed by atoms with Crippen molar-refractivity contribution in [1.82, 2.24) is 0 Å². The third-order valence-electron chi connectivity index (χ3n) is 8.23. The van der Waals surface area contributed by atoms with Crippen LogP contribution in [0.1, 0.15) is 79.6 Å². The van der Waals surface area contributed by atoms with Gasteiger partial charge < -0.3 is 10.00 Å². The van der Waals surface area contributed by atoms with Gasteiger partial charge in [0.25, 0.3) is 0 Å². The van der Waals surface area contributed by atoms with Gasteiger partial charge in [-0.3, -0.25) is 0 Å². The van der Waals surface area contributed by atoms with E-state index < -0.39 is 40.5 Å². The predicted molar refractivity (Wildman–Crippen MR) is 140 cm³/mol. The number of alkyl halides is 2. The third kappa shape index (κ3) is 5.54. The van der Waals surface area contributed by atoms with Gasteiger partial charge in [0.15, 0.2) is 0 Å². The van der Waals surface area contributed by atoms with Crippen LogP contribution in [-0.4, -0.2) is 40.7 Å². The van der Waals surface area contributed by atoms with Crippen LogP contribution in [0.4, 0.5) is 8.78 Å². The Morgan fingerprint density at radius 1 is 1.31 bits per heavy atom. The zero-order chi connectivity index (χ0) is 26.4. The molecular weight excluding hydrogens is 489 g/mol. The van der Waals surface area contributed by atoms with Crippen molar-refractivity contribution in [3.63, 3.8) is 0 Å². The van der Waals surface area contributed by atoms with E-state index in [0.717, 1.165) is 36.6 Å². The molecule has 0 aromatic carbocycles. The number of aliphatic hydroxyl groups is 1. The molecule has 3 rings (SSSR count). The minimum atomic E-state index is -4.58. The average Bonchev–Trinajstić information content (AvgIpc) is 3.10. The Morgan fingerprint density at radius 3 is 2.60 bits per heavy atom. The van der Waals surface area contributed by atoms with Crippen LogP contribution in [0.3, 0.4) is 0 Å². The Morgan fingerprint density at radius 2 is 1.97 bits per heavy atom. The Hall–Kier alpha value is -0.880. The molecule has 3 aliphatic rings. The third-order valence-corrected chi connectivity index (χ3v) is 12.5. The number of sulfone groups is 1. The highest BCUT2D eigenvalue weighted by atomic mass is 32.2. The van der Waals surface area contributed by atoms with Gasteiger partial charge in [-0.2, -0.15) is 8.78 Å². The number of hydrogen-bond donors (Lipinski definition) is 2. The fraction of sp³-hybridized carbons (Fsp3) is 0.704. The van der Waals surface area contributed by atoms with Crippen LogP contribution in [0, 0.1) is 17.3 Å². The van der Waals surface area contributed by atoms with Gasteiger partial charge in [0.2, 0.25) is 9.84 Å². The molecule has 8 heteroatoms. The first-order valence-electron chi connectivity index (χ1n) is 12.6. The van der Waals surface area contributed by atoms with Gasteiger partial charge in [-0.05, 0) is 87.4 Å². The van der Waals surface area contributed by atoms with Gasteiger partial charge in [0.05, 0.1) is 19.0 Å². The first kappa shape index (κ1) is 28.7. The summed E-state index contributed by atoms with van der Waals surface area (Å²) < 4.78 is 52.8. The lowest BCUT2D eigenvalue weighted by Gasteiger charge is -2.42. The molecule has 0 spiro atoms. The molecule has 5 atom stereocenters. The minimum Gasteiger partial charge on any atom is -0.392 e. The molecule has 4 nitrogen and oxygen atoms in total. The molecule has 1 heterocycles. The normalized spacial score (nSPS) is 33.7. The lowest BCUT2D eigenvalue weighted by atomic mass is 9.62. The molecular formula is C27H41F2O4PS. The number of hydrogen-bond acceptors (Lipinski definition) is 4. The van der Waals surface area contributed by atoms with Gasteiger partial charge in [-0.25, -0.2) is 8.42 Å². The van der Waals surface area contributed by atoms with Gasteiger partial charge in [-0.15, -0.1) is 0 Å². The lowest BCUT2D eigenvalue weighted by molar-refractivity contribution is 0.0723. The second-order valence-corrected chi connectivity index (χ2v) is 16.3. The molecule has 198 valence electrons. The van der Waals surface area contributed by atoms with E-state index in [2.05, 4.69) is 25.7 Å². The maximum absolute atomic E-state index is 14.7. The van der Waals surface area contributed by atoms with Crippen molar-refractivity contribution in [1.29, 1.82) is 0 Å². The predicted octanol–water partition coefficient (Wildman–Crippen LogP) is 6.87. The summed E-state index contributed by atoms with van der Waals surface area (Å²) in [6, 6.07) is 0. The molecule has 2 N–H and O–H groups in total. The first-order valence-corrected chi connectivity index (χ1v) is 15.5. The Kier molecular flexibility index (Phi) is 8.29. The van der Waals surface area contributed by atoms with Crippen molar-refractivity contribution in [2.24, 2.45) is 17.3 Å². The van der Waals surface area contributed by atoms with Gasteiger partial charge in [0.1, 0.15) is 0 Å². The molecule has 2 fully saturated rings. The molecule has 0 aromatic heterocycles. The highest BCUT2D eigenvalue weighted by Gasteiger charge is 2.52. The summed E-state index contributed by atoms with van der Waals surface area (Å²) in [5.41, 5.74) is 3.24. The molecule has 1 saturated heterocycles. The maximum Gasteiger partial charge on any atom is 0.346 e. The zero-order valence-corrected chi connectivity index (χ0v) is 23.4. The van der Waals surface area contributed by atoms with E-state index in [9.17, 15) is 27.2 Å². The van der Waals surface area contributed by atoms with Gasteiger partial charge >= 0.3 is 5.25 Å². The fourth-order valence-electron chi connectivity index (χ4n) is 6.02. The van der Waals surface area contributed by atoms with E-state index in [1.165, 1.54) is 31.9 Å². The fourth-order valence-corrected chi connectivity index (χ4v) is 8.55. The maximum atomic E-state index is 14.7. The van der Waals surface area contributed by atoms with E-state index in [1.807, 2.05) is 13.0 Å². The van der Waals surface area contributed by atoms with Crippen molar-refractivity contribution in [2.45, 2.75) is 95.7 Å². The van der Waals surface area contributed by atoms with E-state index >= 15 is 0 Å². The van der Waals surface area contributed by atoms with Crippen molar-refractivity contribution in [3.8, 4) is 0 Å². The Balaban J connectivity index is 1.75. The second-order valence-electron chi connectivity index (χ2n) is 11.7. The smallest absolute Gasteiger partial charge is 0.346 e. The molecule has 0 radical (unpaired) electrons. The van der Waals surface area contributed by atoms with E-state index in [1.54, 1.807) is 0 Å². The summed E-state index contributed by atoms with van der Waals surface area (Å²) in [5.74, 6) is 0.150. The SMILES string of the molecule is C=C1/C(=C\C=C2/CCCC3(C)C([C@H](C)CCC(F)(F)S(=O)(=O)C(C)(C)C)=CC[C@@H]23)C[C@@H](O)CP1O. The van der Waals surface area contributed by atoms with Crippen LogP contribution < -0.4 is 0 Å². The topological polar surface area (TPSA) is 74.6 Å². The Labute approximate surface area is 211 Å². The summed E-state index contributed by atoms with van der Waals surface area (Å²) in [4.78, 5) is 10.2. The van der Waals surface area contributed by atoms with Crippen molar-refractivity contribution in [2.75, 3.05) is 6.16 Å². The van der Waals surface area contributed by atoms with E-state index in [-0.39, 0.29) is 23.7 Å². The second kappa shape index (κ2) is 10.1. The van der Waals surface area contributed by atoms with Crippen LogP contribution in [0.5, 0.6) is 0 Å².